The maximum absolute atomic E-state index is 11.4. The van der Waals surface area contributed by atoms with E-state index in [2.05, 4.69) is 152 Å². The number of nitrogens with zero attached hydrogens (tertiary/aromatic N) is 1. The number of fused-ring (bicyclic) bond motifs is 18. The summed E-state index contributed by atoms with van der Waals surface area (Å²) in [6, 6.07) is 52.9. The number of aryl methyl sites for hydroxylation is 7. The minimum atomic E-state index is -0.776. The van der Waals surface area contributed by atoms with Gasteiger partial charge in [-0.3, -0.25) is 19.2 Å². The lowest BCUT2D eigenvalue weighted by Crippen LogP contribution is -2.06. The lowest BCUT2D eigenvalue weighted by molar-refractivity contribution is -0.137. The smallest absolute Gasteiger partial charge is 0.307 e. The summed E-state index contributed by atoms with van der Waals surface area (Å²) in [5.41, 5.74) is 58.0. The van der Waals surface area contributed by atoms with Crippen molar-refractivity contribution in [2.75, 3.05) is 65.8 Å². The second-order valence-corrected chi connectivity index (χ2v) is 40.7. The third-order valence-electron chi connectivity index (χ3n) is 29.0. The molecule has 9 aromatic carbocycles. The van der Waals surface area contributed by atoms with Crippen LogP contribution in [0.2, 0.25) is 0 Å². The molecule has 0 fully saturated rings. The first-order valence-corrected chi connectivity index (χ1v) is 52.7. The zero-order valence-corrected chi connectivity index (χ0v) is 85.3. The number of hydrogen-bond donors (Lipinski definition) is 6. The number of nitrogens with two attached hydrogens (primary N) is 4. The Morgan fingerprint density at radius 1 is 0.360 bits per heavy atom. The number of benzene rings is 9. The normalized spacial score (nSPS) is 17.8. The highest BCUT2D eigenvalue weighted by molar-refractivity contribution is 6.63. The van der Waals surface area contributed by atoms with E-state index in [-0.39, 0.29) is 18.1 Å². The van der Waals surface area contributed by atoms with Crippen LogP contribution in [0.25, 0.3) is 5.57 Å². The van der Waals surface area contributed by atoms with Crippen molar-refractivity contribution >= 4 is 40.1 Å². The van der Waals surface area contributed by atoms with Crippen LogP contribution in [0.1, 0.15) is 322 Å². The number of ether oxygens (including phenoxy) is 6. The van der Waals surface area contributed by atoms with Gasteiger partial charge in [0, 0.05) is 97.2 Å². The zero-order chi connectivity index (χ0) is 98.9. The zero-order valence-electron chi connectivity index (χ0n) is 84.6. The van der Waals surface area contributed by atoms with Gasteiger partial charge in [-0.25, -0.2) is 0 Å². The molecule has 18 heteroatoms. The van der Waals surface area contributed by atoms with Crippen LogP contribution in [0.4, 0.5) is 0 Å². The van der Waals surface area contributed by atoms with Gasteiger partial charge in [0.2, 0.25) is 5.24 Å². The molecule has 6 aliphatic heterocycles. The Labute approximate surface area is 834 Å². The third kappa shape index (κ3) is 30.0. The minimum Gasteiger partial charge on any atom is -0.493 e. The molecular weight excluding hydrogens is 1750 g/mol. The van der Waals surface area contributed by atoms with Gasteiger partial charge in [0.15, 0.2) is 0 Å². The lowest BCUT2D eigenvalue weighted by atomic mass is 9.90. The molecule has 0 saturated carbocycles. The number of Topliss-reactive ketones (excluding diaryl/α,β-unsaturated/α-hetero) is 1. The molecule has 0 spiro atoms. The summed E-state index contributed by atoms with van der Waals surface area (Å²) in [5.74, 6) is 10.9. The molecule has 0 aromatic heterocycles. The van der Waals surface area contributed by atoms with Gasteiger partial charge in [0.1, 0.15) is 40.3 Å². The van der Waals surface area contributed by atoms with Gasteiger partial charge < -0.3 is 61.6 Å². The van der Waals surface area contributed by atoms with E-state index in [9.17, 15) is 19.2 Å². The number of aliphatic carboxylic acids is 2. The minimum absolute atomic E-state index is 0.113. The summed E-state index contributed by atoms with van der Waals surface area (Å²) in [7, 11) is 0. The molecule has 6 aliphatic carbocycles. The first kappa shape index (κ1) is 107. The van der Waals surface area contributed by atoms with Crippen molar-refractivity contribution in [1.82, 2.24) is 0 Å². The van der Waals surface area contributed by atoms with Crippen LogP contribution in [-0.4, -0.2) is 99.0 Å². The molecule has 139 heavy (non-hydrogen) atoms. The van der Waals surface area contributed by atoms with E-state index in [1.165, 1.54) is 171 Å². The van der Waals surface area contributed by atoms with Crippen LogP contribution in [-0.2, 0) is 135 Å². The second kappa shape index (κ2) is 54.4. The van der Waals surface area contributed by atoms with Crippen LogP contribution >= 0.6 is 11.6 Å². The molecule has 0 amide bonds. The lowest BCUT2D eigenvalue weighted by Gasteiger charge is -2.14. The number of carboxylic acid groups (broad SMARTS) is 2. The Morgan fingerprint density at radius 3 is 0.885 bits per heavy atom. The van der Waals surface area contributed by atoms with Gasteiger partial charge >= 0.3 is 11.9 Å². The van der Waals surface area contributed by atoms with E-state index in [4.69, 9.17) is 78.4 Å². The SMILES string of the molecule is CC(C)Cc1ccc(CC(=O)O)cc1.CC(C)Cc1ccc(CC(=O)O)cc1.CCC(=O)CCC[C@@H]1CCc2ccc3c(c21)CCO3.CCC(=O)Cl.CCc1ccc(CC(C)C)cc1.N#C/C=C1\CCc2ccc3c(c21)CCO3.NCCC1CCc2ccc3c(c21)CCO3.NCC[C@@H]1CCc2ccc3c(c21)CCO3.NCC[C@@H]1CCc2ccc3c(c21)CCO3.NCC[C@H]1CCc2ccc3c(c21)CCO3. The van der Waals surface area contributed by atoms with Crippen molar-refractivity contribution in [2.24, 2.45) is 40.7 Å². The van der Waals surface area contributed by atoms with E-state index >= 15 is 0 Å². The molecule has 0 bridgehead atoms. The molecule has 0 radical (unpaired) electrons. The molecule has 5 atom stereocenters. The summed E-state index contributed by atoms with van der Waals surface area (Å²) in [6.45, 7) is 27.3. The Bertz CT molecular complexity index is 5240. The number of nitriles is 1. The molecule has 9 aromatic rings. The maximum Gasteiger partial charge on any atom is 0.307 e. The standard InChI is InChI=1S/C17H22O2.4C13H17NO.C13H11NO.2C12H16O2.C12H18.C3H5ClO/c1-2-14(18)5-3-4-12-6-7-13-8-9-16-15(17(12)13)10-11-19-16;5*14-7-5-10-2-1-9-3-4-12-11(13(9)10)6-8-15-12;2*1-9(2)7-10-3-5-11(6-4-10)8-12(13)14;1-4-11-5-7-12(8-6-11)9-10(2)3;1-2-3(4)5/h8-9,12H,2-7,10-11H2,1H3;4*3-4,10H,1-2,5-8,14H2;3-5H,1-2,6,8H2;2*3-6,9H,7-8H2,1-2H3,(H,13,14);5-8,10H,4,9H2,1-3H3;2H2,1H3/b;;;;;10-5+;;;;/t12-;3*10-;;;;;;/m1100....../s1. The fourth-order valence-electron chi connectivity index (χ4n) is 22.5. The van der Waals surface area contributed by atoms with E-state index in [1.807, 2.05) is 55.5 Å². The molecule has 12 aliphatic rings. The highest BCUT2D eigenvalue weighted by atomic mass is 35.5. The number of rotatable bonds is 25. The van der Waals surface area contributed by atoms with Crippen molar-refractivity contribution in [3.05, 3.63) is 285 Å². The van der Waals surface area contributed by atoms with Crippen LogP contribution < -0.4 is 51.4 Å². The fraction of sp³-hybridized carbons (Fsp3) is 0.496. The van der Waals surface area contributed by atoms with Crippen LogP contribution in [0.5, 0.6) is 34.5 Å². The van der Waals surface area contributed by atoms with E-state index in [1.54, 1.807) is 40.8 Å². The van der Waals surface area contributed by atoms with Gasteiger partial charge in [0.25, 0.3) is 0 Å². The summed E-state index contributed by atoms with van der Waals surface area (Å²) in [4.78, 5) is 41.8. The highest BCUT2D eigenvalue weighted by Gasteiger charge is 2.35. The monoisotopic (exact) mass is 1910 g/mol. The van der Waals surface area contributed by atoms with Crippen molar-refractivity contribution in [1.29, 1.82) is 5.26 Å². The Kier molecular flexibility index (Phi) is 42.0. The van der Waals surface area contributed by atoms with Crippen molar-refractivity contribution < 1.29 is 57.8 Å². The number of hydrogen-bond acceptors (Lipinski definition) is 15. The summed E-state index contributed by atoms with van der Waals surface area (Å²) in [5, 5.41) is 25.6. The fourth-order valence-corrected chi connectivity index (χ4v) is 22.5. The number of carboxylic acids is 2. The van der Waals surface area contributed by atoms with E-state index in [0.29, 0.717) is 60.1 Å². The molecule has 0 saturated heterocycles. The largest absolute Gasteiger partial charge is 0.493 e. The first-order chi connectivity index (χ1) is 67.4. The van der Waals surface area contributed by atoms with E-state index in [0.717, 1.165) is 233 Å². The number of carbonyl (C=O) groups excluding carboxylic acids is 2. The number of carbonyl (C=O) groups is 4. The van der Waals surface area contributed by atoms with Gasteiger partial charge in [-0.15, -0.1) is 0 Å². The summed E-state index contributed by atoms with van der Waals surface area (Å²) >= 11 is 4.82. The molecule has 744 valence electrons. The molecule has 17 nitrogen and oxygen atoms in total. The Balaban J connectivity index is 0.000000139. The third-order valence-corrected chi connectivity index (χ3v) is 29.2. The van der Waals surface area contributed by atoms with Crippen LogP contribution in [0, 0.1) is 29.1 Å². The number of allylic oxidation sites excluding steroid dienone is 2. The predicted molar refractivity (Wildman–Crippen MR) is 563 cm³/mol. The average Bonchev–Trinajstić information content (AvgIpc) is 1.66. The predicted octanol–water partition coefficient (Wildman–Crippen LogP) is 23.9. The van der Waals surface area contributed by atoms with Gasteiger partial charge in [-0.2, -0.15) is 5.26 Å². The average molecular weight is 1910 g/mol. The Hall–Kier alpha value is -10.6. The Morgan fingerprint density at radius 2 is 0.626 bits per heavy atom. The van der Waals surface area contributed by atoms with Crippen molar-refractivity contribution in [2.45, 2.75) is 304 Å². The summed E-state index contributed by atoms with van der Waals surface area (Å²) < 4.78 is 33.7. The first-order valence-electron chi connectivity index (χ1n) is 52.3. The number of ketones is 1. The second-order valence-electron chi connectivity index (χ2n) is 40.3. The van der Waals surface area contributed by atoms with E-state index < -0.39 is 11.9 Å². The van der Waals surface area contributed by atoms with Crippen LogP contribution in [0.3, 0.4) is 0 Å². The molecule has 1 unspecified atom stereocenters. The van der Waals surface area contributed by atoms with Gasteiger partial charge in [0.05, 0.1) is 58.6 Å². The maximum atomic E-state index is 11.4. The number of halogens is 1. The van der Waals surface area contributed by atoms with Crippen molar-refractivity contribution in [3.63, 3.8) is 0 Å². The van der Waals surface area contributed by atoms with Crippen molar-refractivity contribution in [3.8, 4) is 40.6 Å². The van der Waals surface area contributed by atoms with Gasteiger partial charge in [-0.1, -0.05) is 172 Å². The van der Waals surface area contributed by atoms with Crippen LogP contribution in [0.15, 0.2) is 152 Å². The highest BCUT2D eigenvalue weighted by Crippen LogP contribution is 2.49. The molecule has 21 rings (SSSR count). The molecular formula is C121H156ClN5O12. The molecule has 6 heterocycles. The topological polar surface area (TPSA) is 292 Å². The summed E-state index contributed by atoms with van der Waals surface area (Å²) in [6.07, 6.45) is 36.0. The molecule has 10 N–H and O–H groups in total. The quantitative estimate of drug-likeness (QED) is 0.0229. The van der Waals surface area contributed by atoms with Gasteiger partial charge in [-0.05, 0) is 368 Å².